The van der Waals surface area contributed by atoms with E-state index in [9.17, 15) is 9.59 Å². The van der Waals surface area contributed by atoms with Crippen molar-refractivity contribution in [2.75, 3.05) is 0 Å². The third-order valence-electron chi connectivity index (χ3n) is 3.62. The SMILES string of the molecule is O=C(NCc1ccc(C(=O)O)cc1)NCc1nc(C2CC2)cs1. The molecule has 0 aliphatic heterocycles. The predicted molar refractivity (Wildman–Crippen MR) is 86.6 cm³/mol. The molecule has 0 spiro atoms. The second-order valence-electron chi connectivity index (χ2n) is 5.48. The summed E-state index contributed by atoms with van der Waals surface area (Å²) in [5.74, 6) is -0.334. The molecule has 0 atom stereocenters. The number of carbonyl (C=O) groups excluding carboxylic acids is 1. The number of hydrogen-bond acceptors (Lipinski definition) is 4. The number of hydrogen-bond donors (Lipinski definition) is 3. The Morgan fingerprint density at radius 2 is 1.87 bits per heavy atom. The lowest BCUT2D eigenvalue weighted by molar-refractivity contribution is 0.0697. The third kappa shape index (κ3) is 4.29. The van der Waals surface area contributed by atoms with Gasteiger partial charge in [-0.1, -0.05) is 12.1 Å². The molecule has 3 N–H and O–H groups in total. The molecule has 120 valence electrons. The van der Waals surface area contributed by atoms with Gasteiger partial charge in [-0.3, -0.25) is 0 Å². The van der Waals surface area contributed by atoms with Crippen LogP contribution in [0.1, 0.15) is 45.4 Å². The fourth-order valence-electron chi connectivity index (χ4n) is 2.14. The van der Waals surface area contributed by atoms with E-state index in [0.717, 1.165) is 16.3 Å². The van der Waals surface area contributed by atoms with Gasteiger partial charge in [0.25, 0.3) is 0 Å². The number of urea groups is 1. The van der Waals surface area contributed by atoms with Crippen LogP contribution in [0, 0.1) is 0 Å². The van der Waals surface area contributed by atoms with Gasteiger partial charge in [0, 0.05) is 17.8 Å². The molecule has 1 aliphatic rings. The highest BCUT2D eigenvalue weighted by Crippen LogP contribution is 2.40. The fraction of sp³-hybridized carbons (Fsp3) is 0.312. The maximum Gasteiger partial charge on any atom is 0.335 e. The first kappa shape index (κ1) is 15.5. The summed E-state index contributed by atoms with van der Waals surface area (Å²) in [6.07, 6.45) is 2.44. The summed E-state index contributed by atoms with van der Waals surface area (Å²) in [6.45, 7) is 0.762. The molecular weight excluding hydrogens is 314 g/mol. The zero-order chi connectivity index (χ0) is 16.2. The molecule has 3 rings (SSSR count). The molecule has 2 amide bonds. The first-order chi connectivity index (χ1) is 11.1. The predicted octanol–water partition coefficient (Wildman–Crippen LogP) is 2.72. The summed E-state index contributed by atoms with van der Waals surface area (Å²) < 4.78 is 0. The van der Waals surface area contributed by atoms with Crippen LogP contribution in [-0.4, -0.2) is 22.1 Å². The average molecular weight is 331 g/mol. The first-order valence-electron chi connectivity index (χ1n) is 7.40. The quantitative estimate of drug-likeness (QED) is 0.759. The highest BCUT2D eigenvalue weighted by Gasteiger charge is 2.25. The largest absolute Gasteiger partial charge is 0.478 e. The maximum atomic E-state index is 11.8. The van der Waals surface area contributed by atoms with Crippen LogP contribution in [0.2, 0.25) is 0 Å². The number of nitrogens with one attached hydrogen (secondary N) is 2. The van der Waals surface area contributed by atoms with Gasteiger partial charge in [-0.2, -0.15) is 0 Å². The Morgan fingerprint density at radius 3 is 2.52 bits per heavy atom. The van der Waals surface area contributed by atoms with Crippen LogP contribution in [0.3, 0.4) is 0 Å². The van der Waals surface area contributed by atoms with Crippen LogP contribution in [0.25, 0.3) is 0 Å². The van der Waals surface area contributed by atoms with E-state index in [2.05, 4.69) is 21.0 Å². The first-order valence-corrected chi connectivity index (χ1v) is 8.28. The smallest absolute Gasteiger partial charge is 0.335 e. The number of carboxylic acid groups (broad SMARTS) is 1. The van der Waals surface area contributed by atoms with Crippen LogP contribution >= 0.6 is 11.3 Å². The zero-order valence-electron chi connectivity index (χ0n) is 12.4. The molecule has 0 saturated heterocycles. The zero-order valence-corrected chi connectivity index (χ0v) is 13.2. The second kappa shape index (κ2) is 6.78. The number of thiazole rings is 1. The highest BCUT2D eigenvalue weighted by molar-refractivity contribution is 7.09. The Morgan fingerprint density at radius 1 is 1.17 bits per heavy atom. The van der Waals surface area contributed by atoms with Crippen molar-refractivity contribution in [2.24, 2.45) is 0 Å². The van der Waals surface area contributed by atoms with Crippen LogP contribution in [-0.2, 0) is 13.1 Å². The van der Waals surface area contributed by atoms with Gasteiger partial charge < -0.3 is 15.7 Å². The van der Waals surface area contributed by atoms with Gasteiger partial charge in [0.15, 0.2) is 0 Å². The molecular formula is C16H17N3O3S. The lowest BCUT2D eigenvalue weighted by Crippen LogP contribution is -2.34. The van der Waals surface area contributed by atoms with Gasteiger partial charge >= 0.3 is 12.0 Å². The highest BCUT2D eigenvalue weighted by atomic mass is 32.1. The van der Waals surface area contributed by atoms with Crippen molar-refractivity contribution in [1.29, 1.82) is 0 Å². The number of nitrogens with zero attached hydrogens (tertiary/aromatic N) is 1. The molecule has 0 radical (unpaired) electrons. The summed E-state index contributed by atoms with van der Waals surface area (Å²) in [6, 6.07) is 6.15. The van der Waals surface area contributed by atoms with Crippen LogP contribution in [0.5, 0.6) is 0 Å². The lowest BCUT2D eigenvalue weighted by Gasteiger charge is -2.06. The van der Waals surface area contributed by atoms with Gasteiger partial charge in [-0.05, 0) is 30.5 Å². The number of carboxylic acids is 1. The minimum Gasteiger partial charge on any atom is -0.478 e. The van der Waals surface area contributed by atoms with Gasteiger partial charge in [-0.25, -0.2) is 14.6 Å². The average Bonchev–Trinajstić information content (AvgIpc) is 3.30. The van der Waals surface area contributed by atoms with Crippen molar-refractivity contribution < 1.29 is 14.7 Å². The molecule has 2 aromatic rings. The van der Waals surface area contributed by atoms with Gasteiger partial charge in [0.2, 0.25) is 0 Å². The molecule has 0 bridgehead atoms. The van der Waals surface area contributed by atoms with Crippen LogP contribution in [0.15, 0.2) is 29.6 Å². The third-order valence-corrected chi connectivity index (χ3v) is 4.49. The van der Waals surface area contributed by atoms with E-state index < -0.39 is 5.97 Å². The second-order valence-corrected chi connectivity index (χ2v) is 6.42. The minimum absolute atomic E-state index is 0.230. The molecule has 1 aliphatic carbocycles. The van der Waals surface area contributed by atoms with Gasteiger partial charge in [0.05, 0.1) is 17.8 Å². The van der Waals surface area contributed by atoms with Crippen molar-refractivity contribution in [1.82, 2.24) is 15.6 Å². The molecule has 7 heteroatoms. The number of amides is 2. The maximum absolute atomic E-state index is 11.8. The van der Waals surface area contributed by atoms with Crippen molar-refractivity contribution in [3.05, 3.63) is 51.5 Å². The molecule has 0 unspecified atom stereocenters. The molecule has 1 fully saturated rings. The van der Waals surface area contributed by atoms with E-state index in [0.29, 0.717) is 19.0 Å². The van der Waals surface area contributed by atoms with E-state index in [4.69, 9.17) is 5.11 Å². The Labute approximate surface area is 137 Å². The molecule has 1 saturated carbocycles. The van der Waals surface area contributed by atoms with Crippen molar-refractivity contribution >= 4 is 23.3 Å². The molecule has 1 aromatic carbocycles. The number of aromatic carboxylic acids is 1. The monoisotopic (exact) mass is 331 g/mol. The summed E-state index contributed by atoms with van der Waals surface area (Å²) in [5, 5.41) is 17.3. The van der Waals surface area contributed by atoms with E-state index in [-0.39, 0.29) is 11.6 Å². The summed E-state index contributed by atoms with van der Waals surface area (Å²) in [7, 11) is 0. The number of carbonyl (C=O) groups is 2. The molecule has 1 aromatic heterocycles. The van der Waals surface area contributed by atoms with Gasteiger partial charge in [-0.15, -0.1) is 11.3 Å². The number of aromatic nitrogens is 1. The summed E-state index contributed by atoms with van der Waals surface area (Å²) in [4.78, 5) is 27.0. The Bertz CT molecular complexity index is 708. The van der Waals surface area contributed by atoms with Crippen LogP contribution in [0.4, 0.5) is 4.79 Å². The Balaban J connectivity index is 1.42. The summed E-state index contributed by atoms with van der Waals surface area (Å²) >= 11 is 1.57. The fourth-order valence-corrected chi connectivity index (χ4v) is 2.95. The van der Waals surface area contributed by atoms with E-state index in [1.54, 1.807) is 23.5 Å². The van der Waals surface area contributed by atoms with Crippen molar-refractivity contribution in [3.8, 4) is 0 Å². The number of rotatable bonds is 6. The van der Waals surface area contributed by atoms with E-state index in [1.807, 2.05) is 0 Å². The van der Waals surface area contributed by atoms with Crippen molar-refractivity contribution in [2.45, 2.75) is 31.8 Å². The topological polar surface area (TPSA) is 91.3 Å². The number of benzene rings is 1. The molecule has 23 heavy (non-hydrogen) atoms. The van der Waals surface area contributed by atoms with Crippen LogP contribution < -0.4 is 10.6 Å². The normalized spacial score (nSPS) is 13.6. The van der Waals surface area contributed by atoms with E-state index >= 15 is 0 Å². The summed E-state index contributed by atoms with van der Waals surface area (Å²) in [5.41, 5.74) is 2.22. The Hall–Kier alpha value is -2.41. The van der Waals surface area contributed by atoms with Crippen molar-refractivity contribution in [3.63, 3.8) is 0 Å². The minimum atomic E-state index is -0.962. The molecule has 1 heterocycles. The van der Waals surface area contributed by atoms with E-state index in [1.165, 1.54) is 25.0 Å². The standard InChI is InChI=1S/C16H17N3O3S/c20-15(21)12-3-1-10(2-4-12)7-17-16(22)18-8-14-19-13(9-23-14)11-5-6-11/h1-4,9,11H,5-8H2,(H,20,21)(H2,17,18,22). The molecule has 6 nitrogen and oxygen atoms in total. The Kier molecular flexibility index (Phi) is 4.57. The van der Waals surface area contributed by atoms with Gasteiger partial charge in [0.1, 0.15) is 5.01 Å². The lowest BCUT2D eigenvalue weighted by atomic mass is 10.1.